The third kappa shape index (κ3) is 21.4. The van der Waals surface area contributed by atoms with Crippen LogP contribution in [0.15, 0.2) is 0 Å². The molecular formula is C27H48ClN9O12. The summed E-state index contributed by atoms with van der Waals surface area (Å²) in [5.74, 6) is 0.0683. The highest BCUT2D eigenvalue weighted by molar-refractivity contribution is 6.28. The first-order valence-electron chi connectivity index (χ1n) is 15.4. The van der Waals surface area contributed by atoms with E-state index in [1.807, 2.05) is 0 Å². The summed E-state index contributed by atoms with van der Waals surface area (Å²) in [5.41, 5.74) is 0. The van der Waals surface area contributed by atoms with Crippen molar-refractivity contribution in [3.63, 3.8) is 0 Å². The van der Waals surface area contributed by atoms with Crippen molar-refractivity contribution in [2.45, 2.75) is 52.1 Å². The van der Waals surface area contributed by atoms with Gasteiger partial charge in [0.25, 0.3) is 0 Å². The lowest BCUT2D eigenvalue weighted by Gasteiger charge is -2.26. The molecule has 0 fully saturated rings. The highest BCUT2D eigenvalue weighted by Gasteiger charge is 2.19. The quantitative estimate of drug-likeness (QED) is 0.0636. The number of amides is 4. The fourth-order valence-corrected chi connectivity index (χ4v) is 3.55. The van der Waals surface area contributed by atoms with Crippen molar-refractivity contribution in [1.29, 1.82) is 0 Å². The van der Waals surface area contributed by atoms with E-state index in [1.165, 1.54) is 27.7 Å². The molecule has 22 heteroatoms. The normalized spacial score (nSPS) is 13.2. The van der Waals surface area contributed by atoms with Crippen molar-refractivity contribution >= 4 is 47.9 Å². The number of aliphatic hydroxyl groups excluding tert-OH is 4. The number of nitrogens with one attached hydrogen (secondary N) is 4. The molecule has 21 nitrogen and oxygen atoms in total. The third-order valence-corrected chi connectivity index (χ3v) is 5.75. The van der Waals surface area contributed by atoms with Gasteiger partial charge in [-0.05, 0) is 39.3 Å². The Bertz CT molecular complexity index is 1010. The standard InChI is InChI=1S/C27H48ClN9O12/c1-17(38)13-46-24(42)29-5-9-36(10-6-30-25(43)47-14-18(2)39)22-33-21(28)34-23(35-22)37(11-7-31-26(44)48-15-19(3)40)12-8-32-27(45)49-16-20(4)41/h17-20,38-41H,5-16H2,1-4H3,(H,29,42)(H,30,43)(H,31,44)(H,32,45). The number of carbonyl (C=O) groups is 4. The van der Waals surface area contributed by atoms with Gasteiger partial charge in [0.2, 0.25) is 17.2 Å². The summed E-state index contributed by atoms with van der Waals surface area (Å²) in [5, 5.41) is 47.2. The smallest absolute Gasteiger partial charge is 0.407 e. The number of hydrogen-bond acceptors (Lipinski definition) is 17. The Labute approximate surface area is 288 Å². The van der Waals surface area contributed by atoms with Crippen molar-refractivity contribution in [3.05, 3.63) is 5.28 Å². The van der Waals surface area contributed by atoms with Crippen molar-refractivity contribution < 1.29 is 58.6 Å². The van der Waals surface area contributed by atoms with Crippen molar-refractivity contribution in [2.24, 2.45) is 0 Å². The van der Waals surface area contributed by atoms with Crippen molar-refractivity contribution in [2.75, 3.05) is 88.6 Å². The van der Waals surface area contributed by atoms with Gasteiger partial charge in [-0.15, -0.1) is 0 Å². The maximum atomic E-state index is 12.0. The number of anilines is 2. The van der Waals surface area contributed by atoms with Gasteiger partial charge in [0, 0.05) is 52.4 Å². The van der Waals surface area contributed by atoms with E-state index in [2.05, 4.69) is 36.2 Å². The monoisotopic (exact) mass is 725 g/mol. The van der Waals surface area contributed by atoms with Gasteiger partial charge in [0.15, 0.2) is 0 Å². The summed E-state index contributed by atoms with van der Waals surface area (Å²) in [6, 6.07) is 0. The van der Waals surface area contributed by atoms with E-state index in [4.69, 9.17) is 30.5 Å². The SMILES string of the molecule is CC(O)COC(=O)NCCN(CCNC(=O)OCC(C)O)c1nc(Cl)nc(N(CCNC(=O)OCC(C)O)CCNC(=O)OCC(C)O)n1. The van der Waals surface area contributed by atoms with Gasteiger partial charge in [0.05, 0.1) is 24.4 Å². The lowest BCUT2D eigenvalue weighted by molar-refractivity contribution is 0.0779. The average molecular weight is 726 g/mol. The van der Waals surface area contributed by atoms with Crippen LogP contribution in [0.25, 0.3) is 0 Å². The van der Waals surface area contributed by atoms with Crippen LogP contribution in [0.1, 0.15) is 27.7 Å². The highest BCUT2D eigenvalue weighted by atomic mass is 35.5. The number of alkyl carbamates (subject to hydrolysis) is 4. The Morgan fingerprint density at radius 2 is 0.796 bits per heavy atom. The van der Waals surface area contributed by atoms with E-state index in [0.717, 1.165) is 0 Å². The fourth-order valence-electron chi connectivity index (χ4n) is 3.40. The Kier molecular flexibility index (Phi) is 21.0. The Balaban J connectivity index is 3.15. The third-order valence-electron chi connectivity index (χ3n) is 5.58. The molecule has 1 aromatic heterocycles. The minimum Gasteiger partial charge on any atom is -0.447 e. The first kappa shape index (κ1) is 42.8. The van der Waals surface area contributed by atoms with Crippen molar-refractivity contribution in [3.8, 4) is 0 Å². The van der Waals surface area contributed by atoms with Crippen LogP contribution in [-0.4, -0.2) is 163 Å². The van der Waals surface area contributed by atoms with Crippen LogP contribution in [0.5, 0.6) is 0 Å². The van der Waals surface area contributed by atoms with Crippen molar-refractivity contribution in [1.82, 2.24) is 36.2 Å². The molecule has 49 heavy (non-hydrogen) atoms. The summed E-state index contributed by atoms with van der Waals surface area (Å²) >= 11 is 6.29. The molecule has 1 aromatic rings. The number of aliphatic hydroxyl groups is 4. The summed E-state index contributed by atoms with van der Waals surface area (Å²) in [6.07, 6.45) is -6.53. The topological polar surface area (TPSA) is 279 Å². The maximum absolute atomic E-state index is 12.0. The number of ether oxygens (including phenoxy) is 4. The molecule has 0 aliphatic heterocycles. The minimum atomic E-state index is -0.856. The van der Waals surface area contributed by atoms with Crippen LogP contribution in [0.4, 0.5) is 31.1 Å². The zero-order chi connectivity index (χ0) is 36.8. The fraction of sp³-hybridized carbons (Fsp3) is 0.741. The van der Waals surface area contributed by atoms with E-state index in [1.54, 1.807) is 9.80 Å². The molecule has 1 rings (SSSR count). The maximum Gasteiger partial charge on any atom is 0.407 e. The van der Waals surface area contributed by atoms with E-state index < -0.39 is 48.8 Å². The van der Waals surface area contributed by atoms with Crippen LogP contribution < -0.4 is 31.1 Å². The molecule has 0 radical (unpaired) electrons. The average Bonchev–Trinajstić information content (AvgIpc) is 3.02. The summed E-state index contributed by atoms with van der Waals surface area (Å²) in [6.45, 7) is 5.39. The second-order valence-corrected chi connectivity index (χ2v) is 11.0. The molecule has 280 valence electrons. The van der Waals surface area contributed by atoms with E-state index in [-0.39, 0.29) is 96.0 Å². The van der Waals surface area contributed by atoms with Crippen LogP contribution in [0, 0.1) is 0 Å². The zero-order valence-electron chi connectivity index (χ0n) is 28.0. The lowest BCUT2D eigenvalue weighted by atomic mass is 10.4. The first-order valence-corrected chi connectivity index (χ1v) is 15.8. The number of halogens is 1. The predicted molar refractivity (Wildman–Crippen MR) is 173 cm³/mol. The van der Waals surface area contributed by atoms with E-state index in [0.29, 0.717) is 0 Å². The van der Waals surface area contributed by atoms with Gasteiger partial charge in [0.1, 0.15) is 26.4 Å². The summed E-state index contributed by atoms with van der Waals surface area (Å²) in [4.78, 5) is 64.1. The molecule has 4 amide bonds. The van der Waals surface area contributed by atoms with Gasteiger partial charge in [-0.1, -0.05) is 0 Å². The van der Waals surface area contributed by atoms with Gasteiger partial charge in [-0.25, -0.2) is 19.2 Å². The number of hydrogen-bond donors (Lipinski definition) is 8. The summed E-state index contributed by atoms with van der Waals surface area (Å²) < 4.78 is 19.6. The van der Waals surface area contributed by atoms with Gasteiger partial charge in [-0.2, -0.15) is 15.0 Å². The van der Waals surface area contributed by atoms with Crippen LogP contribution in [0.2, 0.25) is 5.28 Å². The summed E-state index contributed by atoms with van der Waals surface area (Å²) in [7, 11) is 0. The molecule has 0 saturated heterocycles. The number of carbonyl (C=O) groups excluding carboxylic acids is 4. The largest absolute Gasteiger partial charge is 0.447 e. The highest BCUT2D eigenvalue weighted by Crippen LogP contribution is 2.16. The van der Waals surface area contributed by atoms with Gasteiger partial charge < -0.3 is 70.4 Å². The number of rotatable bonds is 22. The van der Waals surface area contributed by atoms with E-state index in [9.17, 15) is 39.6 Å². The lowest BCUT2D eigenvalue weighted by Crippen LogP contribution is -2.42. The Hall–Kier alpha value is -4.18. The molecule has 0 aliphatic rings. The zero-order valence-corrected chi connectivity index (χ0v) is 28.7. The predicted octanol–water partition coefficient (Wildman–Crippen LogP) is -1.43. The van der Waals surface area contributed by atoms with Gasteiger partial charge in [-0.3, -0.25) is 0 Å². The number of nitrogens with zero attached hydrogens (tertiary/aromatic N) is 5. The first-order chi connectivity index (χ1) is 23.2. The second-order valence-electron chi connectivity index (χ2n) is 10.7. The molecular weight excluding hydrogens is 678 g/mol. The molecule has 4 atom stereocenters. The second kappa shape index (κ2) is 24.0. The molecule has 0 spiro atoms. The molecule has 1 heterocycles. The van der Waals surface area contributed by atoms with E-state index >= 15 is 0 Å². The van der Waals surface area contributed by atoms with Crippen LogP contribution in [-0.2, 0) is 18.9 Å². The molecule has 4 unspecified atom stereocenters. The Morgan fingerprint density at radius 3 is 1.02 bits per heavy atom. The molecule has 0 aromatic carbocycles. The molecule has 0 bridgehead atoms. The van der Waals surface area contributed by atoms with Gasteiger partial charge >= 0.3 is 24.4 Å². The molecule has 0 aliphatic carbocycles. The Morgan fingerprint density at radius 1 is 0.551 bits per heavy atom. The molecule has 8 N–H and O–H groups in total. The van der Waals surface area contributed by atoms with Crippen LogP contribution >= 0.6 is 11.6 Å². The van der Waals surface area contributed by atoms with Crippen LogP contribution in [0.3, 0.4) is 0 Å². The number of aromatic nitrogens is 3. The molecule has 0 saturated carbocycles. The minimum absolute atomic E-state index is 0.0183.